The van der Waals surface area contributed by atoms with Crippen LogP contribution in [0.1, 0.15) is 49.4 Å². The van der Waals surface area contributed by atoms with Gasteiger partial charge in [-0.15, -0.1) is 0 Å². The largest absolute Gasteiger partial charge is 0.341 e. The second kappa shape index (κ2) is 7.42. The van der Waals surface area contributed by atoms with E-state index in [2.05, 4.69) is 6.92 Å². The summed E-state index contributed by atoms with van der Waals surface area (Å²) < 4.78 is 1.44. The Morgan fingerprint density at radius 3 is 2.48 bits per heavy atom. The molecule has 0 radical (unpaired) electrons. The van der Waals surface area contributed by atoms with Gasteiger partial charge in [-0.1, -0.05) is 6.92 Å². The molecular formula is C19H27N3O3. The summed E-state index contributed by atoms with van der Waals surface area (Å²) in [5.41, 5.74) is 0.158. The van der Waals surface area contributed by atoms with Crippen molar-refractivity contribution >= 4 is 11.8 Å². The van der Waals surface area contributed by atoms with Gasteiger partial charge >= 0.3 is 0 Å². The molecule has 3 rings (SSSR count). The van der Waals surface area contributed by atoms with Gasteiger partial charge in [0.15, 0.2) is 0 Å². The van der Waals surface area contributed by atoms with E-state index in [9.17, 15) is 14.4 Å². The average molecular weight is 345 g/mol. The van der Waals surface area contributed by atoms with Gasteiger partial charge in [0.1, 0.15) is 6.04 Å². The molecule has 1 unspecified atom stereocenters. The van der Waals surface area contributed by atoms with E-state index in [0.29, 0.717) is 24.4 Å². The Hall–Kier alpha value is -2.11. The number of aryl methyl sites for hydroxylation is 1. The molecule has 2 amide bonds. The fraction of sp³-hybridized carbons (Fsp3) is 0.632. The lowest BCUT2D eigenvalue weighted by atomic mass is 9.96. The number of rotatable bonds is 2. The summed E-state index contributed by atoms with van der Waals surface area (Å²) in [6, 6.07) is 2.63. The molecule has 1 atom stereocenters. The molecule has 0 spiro atoms. The molecule has 25 heavy (non-hydrogen) atoms. The Balaban J connectivity index is 1.78. The molecule has 0 aromatic carbocycles. The molecule has 0 aliphatic carbocycles. The predicted molar refractivity (Wildman–Crippen MR) is 95.3 cm³/mol. The lowest BCUT2D eigenvalue weighted by Gasteiger charge is -2.39. The Morgan fingerprint density at radius 1 is 1.08 bits per heavy atom. The van der Waals surface area contributed by atoms with Crippen LogP contribution in [0.4, 0.5) is 0 Å². The number of aromatic nitrogens is 1. The first-order valence-corrected chi connectivity index (χ1v) is 9.24. The Morgan fingerprint density at radius 2 is 1.80 bits per heavy atom. The summed E-state index contributed by atoms with van der Waals surface area (Å²) in [6.07, 6.45) is 6.23. The van der Waals surface area contributed by atoms with Gasteiger partial charge in [-0.05, 0) is 44.1 Å². The molecule has 1 aromatic heterocycles. The van der Waals surface area contributed by atoms with Crippen molar-refractivity contribution in [2.45, 2.75) is 45.1 Å². The maximum Gasteiger partial charge on any atom is 0.254 e. The van der Waals surface area contributed by atoms with Gasteiger partial charge in [0.05, 0.1) is 0 Å². The van der Waals surface area contributed by atoms with Crippen LogP contribution >= 0.6 is 0 Å². The van der Waals surface area contributed by atoms with E-state index in [4.69, 9.17) is 0 Å². The van der Waals surface area contributed by atoms with Crippen molar-refractivity contribution in [2.75, 3.05) is 19.6 Å². The predicted octanol–water partition coefficient (Wildman–Crippen LogP) is 1.64. The second-order valence-electron chi connectivity index (χ2n) is 7.38. The van der Waals surface area contributed by atoms with E-state index < -0.39 is 6.04 Å². The summed E-state index contributed by atoms with van der Waals surface area (Å²) >= 11 is 0. The van der Waals surface area contributed by atoms with Gasteiger partial charge < -0.3 is 14.4 Å². The SMILES string of the molecule is CC1CCN(C(=O)C2CCCCN2C(=O)c2ccn(C)c(=O)c2)CC1. The number of piperidine rings is 2. The first kappa shape index (κ1) is 17.7. The maximum absolute atomic E-state index is 13.0. The first-order valence-electron chi connectivity index (χ1n) is 9.24. The highest BCUT2D eigenvalue weighted by molar-refractivity contribution is 5.97. The van der Waals surface area contributed by atoms with Gasteiger partial charge in [0.2, 0.25) is 5.91 Å². The number of hydrogen-bond acceptors (Lipinski definition) is 3. The van der Waals surface area contributed by atoms with Crippen LogP contribution in [-0.2, 0) is 11.8 Å². The molecule has 1 aromatic rings. The van der Waals surface area contributed by atoms with Crippen molar-refractivity contribution in [2.24, 2.45) is 13.0 Å². The van der Waals surface area contributed by atoms with Crippen molar-refractivity contribution in [3.63, 3.8) is 0 Å². The molecule has 136 valence electrons. The van der Waals surface area contributed by atoms with Crippen LogP contribution in [0, 0.1) is 5.92 Å². The third kappa shape index (κ3) is 3.78. The standard InChI is InChI=1S/C19H27N3O3/c1-14-6-11-21(12-7-14)19(25)16-5-3-4-9-22(16)18(24)15-8-10-20(2)17(23)13-15/h8,10,13-14,16H,3-7,9,11-12H2,1-2H3. The van der Waals surface area contributed by atoms with Crippen molar-refractivity contribution in [1.82, 2.24) is 14.4 Å². The number of likely N-dealkylation sites (tertiary alicyclic amines) is 2. The lowest BCUT2D eigenvalue weighted by Crippen LogP contribution is -2.54. The van der Waals surface area contributed by atoms with Gasteiger partial charge in [-0.3, -0.25) is 14.4 Å². The Labute approximate surface area is 148 Å². The zero-order valence-corrected chi connectivity index (χ0v) is 15.1. The van der Waals surface area contributed by atoms with Gasteiger partial charge in [-0.25, -0.2) is 0 Å². The topological polar surface area (TPSA) is 62.6 Å². The molecule has 6 heteroatoms. The quantitative estimate of drug-likeness (QED) is 0.819. The summed E-state index contributed by atoms with van der Waals surface area (Å²) in [4.78, 5) is 41.3. The number of hydrogen-bond donors (Lipinski definition) is 0. The van der Waals surface area contributed by atoms with E-state index in [0.717, 1.165) is 38.8 Å². The molecule has 0 saturated carbocycles. The van der Waals surface area contributed by atoms with Crippen LogP contribution in [0.15, 0.2) is 23.1 Å². The van der Waals surface area contributed by atoms with Crippen molar-refractivity contribution < 1.29 is 9.59 Å². The highest BCUT2D eigenvalue weighted by Gasteiger charge is 2.36. The van der Waals surface area contributed by atoms with Gasteiger partial charge in [0, 0.05) is 44.5 Å². The molecule has 2 saturated heterocycles. The summed E-state index contributed by atoms with van der Waals surface area (Å²) in [5, 5.41) is 0. The van der Waals surface area contributed by atoms with Gasteiger partial charge in [0.25, 0.3) is 11.5 Å². The monoisotopic (exact) mass is 345 g/mol. The maximum atomic E-state index is 13.0. The van der Waals surface area contributed by atoms with Gasteiger partial charge in [-0.2, -0.15) is 0 Å². The van der Waals surface area contributed by atoms with Crippen LogP contribution in [0.3, 0.4) is 0 Å². The lowest BCUT2D eigenvalue weighted by molar-refractivity contribution is -0.138. The zero-order valence-electron chi connectivity index (χ0n) is 15.1. The van der Waals surface area contributed by atoms with E-state index in [-0.39, 0.29) is 17.4 Å². The molecule has 3 heterocycles. The van der Waals surface area contributed by atoms with Crippen molar-refractivity contribution in [3.05, 3.63) is 34.2 Å². The summed E-state index contributed by atoms with van der Waals surface area (Å²) in [6.45, 7) is 4.36. The normalized spacial score (nSPS) is 22.1. The second-order valence-corrected chi connectivity index (χ2v) is 7.38. The Bertz CT molecular complexity index is 704. The molecule has 6 nitrogen and oxygen atoms in total. The van der Waals surface area contributed by atoms with E-state index in [1.165, 1.54) is 10.6 Å². The summed E-state index contributed by atoms with van der Waals surface area (Å²) in [7, 11) is 1.65. The van der Waals surface area contributed by atoms with Crippen LogP contribution in [0.5, 0.6) is 0 Å². The fourth-order valence-corrected chi connectivity index (χ4v) is 3.72. The van der Waals surface area contributed by atoms with E-state index in [1.54, 1.807) is 24.2 Å². The molecular weight excluding hydrogens is 318 g/mol. The zero-order chi connectivity index (χ0) is 18.0. The number of carbonyl (C=O) groups excluding carboxylic acids is 2. The first-order chi connectivity index (χ1) is 12.0. The van der Waals surface area contributed by atoms with Crippen LogP contribution < -0.4 is 5.56 Å². The Kier molecular flexibility index (Phi) is 5.25. The molecule has 0 N–H and O–H groups in total. The highest BCUT2D eigenvalue weighted by atomic mass is 16.2. The highest BCUT2D eigenvalue weighted by Crippen LogP contribution is 2.24. The average Bonchev–Trinajstić information content (AvgIpc) is 2.63. The molecule has 0 bridgehead atoms. The van der Waals surface area contributed by atoms with Crippen molar-refractivity contribution in [1.29, 1.82) is 0 Å². The van der Waals surface area contributed by atoms with Crippen LogP contribution in [-0.4, -0.2) is 51.9 Å². The van der Waals surface area contributed by atoms with E-state index in [1.807, 2.05) is 4.90 Å². The van der Waals surface area contributed by atoms with Crippen molar-refractivity contribution in [3.8, 4) is 0 Å². The third-order valence-corrected chi connectivity index (χ3v) is 5.50. The smallest absolute Gasteiger partial charge is 0.254 e. The summed E-state index contributed by atoms with van der Waals surface area (Å²) in [5.74, 6) is 0.526. The fourth-order valence-electron chi connectivity index (χ4n) is 3.72. The molecule has 2 aliphatic rings. The van der Waals surface area contributed by atoms with Crippen LogP contribution in [0.2, 0.25) is 0 Å². The number of amides is 2. The number of carbonyl (C=O) groups is 2. The van der Waals surface area contributed by atoms with Crippen LogP contribution in [0.25, 0.3) is 0 Å². The molecule has 2 fully saturated rings. The minimum atomic E-state index is -0.390. The number of nitrogens with zero attached hydrogens (tertiary/aromatic N) is 3. The minimum Gasteiger partial charge on any atom is -0.341 e. The molecule has 2 aliphatic heterocycles. The minimum absolute atomic E-state index is 0.0729. The third-order valence-electron chi connectivity index (χ3n) is 5.50. The number of pyridine rings is 1. The van der Waals surface area contributed by atoms with E-state index >= 15 is 0 Å².